The fourth-order valence-electron chi connectivity index (χ4n) is 7.45. The highest BCUT2D eigenvalue weighted by Gasteiger charge is 2.49. The van der Waals surface area contributed by atoms with E-state index >= 15 is 0 Å². The van der Waals surface area contributed by atoms with Crippen LogP contribution >= 0.6 is 12.4 Å². The van der Waals surface area contributed by atoms with E-state index in [2.05, 4.69) is 60.2 Å². The van der Waals surface area contributed by atoms with Crippen molar-refractivity contribution >= 4 is 29.1 Å². The van der Waals surface area contributed by atoms with Gasteiger partial charge in [0.25, 0.3) is 0 Å². The summed E-state index contributed by atoms with van der Waals surface area (Å²) in [6.45, 7) is 5.49. The molecule has 2 aliphatic heterocycles. The third kappa shape index (κ3) is 3.69. The first-order valence-corrected chi connectivity index (χ1v) is 12.7. The number of carbonyl (C=O) groups is 1. The number of rotatable bonds is 3. The molecule has 5 heteroatoms. The Bertz CT molecular complexity index is 1020. The largest absolute Gasteiger partial charge is 0.375 e. The molecule has 6 rings (SSSR count). The Morgan fingerprint density at radius 1 is 1.06 bits per heavy atom. The summed E-state index contributed by atoms with van der Waals surface area (Å²) in [5.41, 5.74) is 2.63. The van der Waals surface area contributed by atoms with Gasteiger partial charge in [0.2, 0.25) is 5.91 Å². The zero-order valence-corrected chi connectivity index (χ0v) is 20.8. The molecule has 0 aromatic heterocycles. The summed E-state index contributed by atoms with van der Waals surface area (Å²) in [4.78, 5) is 18.9. The zero-order valence-electron chi connectivity index (χ0n) is 20.0. The predicted octanol–water partition coefficient (Wildman–Crippen LogP) is 5.49. The van der Waals surface area contributed by atoms with Crippen molar-refractivity contribution in [2.75, 3.05) is 26.7 Å². The van der Waals surface area contributed by atoms with Crippen LogP contribution in [0.1, 0.15) is 74.8 Å². The third-order valence-corrected chi connectivity index (χ3v) is 9.12. The molecule has 3 unspecified atom stereocenters. The van der Waals surface area contributed by atoms with Gasteiger partial charge < -0.3 is 9.64 Å². The van der Waals surface area contributed by atoms with Crippen molar-refractivity contribution in [2.24, 2.45) is 0 Å². The Morgan fingerprint density at radius 3 is 2.48 bits per heavy atom. The van der Waals surface area contributed by atoms with Gasteiger partial charge >= 0.3 is 0 Å². The molecule has 1 saturated carbocycles. The summed E-state index contributed by atoms with van der Waals surface area (Å²) >= 11 is 0. The van der Waals surface area contributed by atoms with Crippen LogP contribution in [0.3, 0.4) is 0 Å². The average Bonchev–Trinajstić information content (AvgIpc) is 3.56. The molecule has 2 saturated heterocycles. The molecule has 1 amide bonds. The highest BCUT2D eigenvalue weighted by Crippen LogP contribution is 2.48. The fraction of sp³-hybridized carbons (Fsp3) is 0.607. The molecule has 2 aromatic carbocycles. The standard InChI is InChI=1S/C28H36N2O2.ClH/c1-19-21-10-5-8-20-9-6-11-22(26(20)21)25(19)27(31)29(2)23-12-14-28(13-7-17-32-28)18-24(23)30-15-3-4-16-30;/h5-6,8-11,19,23-25H,3-4,7,12-18H2,1-2H3;1H/t19?,23-,24-,25?,28?;/m0./s1. The Morgan fingerprint density at radius 2 is 1.79 bits per heavy atom. The highest BCUT2D eigenvalue weighted by atomic mass is 35.5. The third-order valence-electron chi connectivity index (χ3n) is 9.12. The SMILES string of the molecule is CC1c2cccc3cccc(c23)C1C(=O)N(C)[C@H]1CCC2(CCCO2)C[C@@H]1N1CCCC1.Cl. The van der Waals surface area contributed by atoms with Gasteiger partial charge in [0, 0.05) is 25.7 Å². The molecule has 1 spiro atoms. The smallest absolute Gasteiger partial charge is 0.230 e. The van der Waals surface area contributed by atoms with Gasteiger partial charge in [-0.3, -0.25) is 9.69 Å². The Hall–Kier alpha value is -1.62. The van der Waals surface area contributed by atoms with E-state index in [-0.39, 0.29) is 35.9 Å². The summed E-state index contributed by atoms with van der Waals surface area (Å²) in [7, 11) is 2.08. The topological polar surface area (TPSA) is 32.8 Å². The molecule has 0 N–H and O–H groups in total. The van der Waals surface area contributed by atoms with E-state index < -0.39 is 0 Å². The number of amides is 1. The van der Waals surface area contributed by atoms with Crippen molar-refractivity contribution in [1.29, 1.82) is 0 Å². The summed E-state index contributed by atoms with van der Waals surface area (Å²) in [5.74, 6) is 0.460. The first-order valence-electron chi connectivity index (χ1n) is 12.7. The summed E-state index contributed by atoms with van der Waals surface area (Å²) in [6, 6.07) is 13.7. The lowest BCUT2D eigenvalue weighted by Gasteiger charge is -2.49. The molecule has 0 bridgehead atoms. The van der Waals surface area contributed by atoms with E-state index in [1.165, 1.54) is 60.7 Å². The van der Waals surface area contributed by atoms with Crippen molar-refractivity contribution in [2.45, 2.75) is 81.4 Å². The van der Waals surface area contributed by atoms with Crippen molar-refractivity contribution in [3.63, 3.8) is 0 Å². The van der Waals surface area contributed by atoms with Crippen molar-refractivity contribution in [1.82, 2.24) is 9.80 Å². The highest BCUT2D eigenvalue weighted by molar-refractivity contribution is 5.99. The number of benzene rings is 2. The van der Waals surface area contributed by atoms with Crippen LogP contribution in [0.2, 0.25) is 0 Å². The average molecular weight is 469 g/mol. The van der Waals surface area contributed by atoms with E-state index in [0.29, 0.717) is 11.9 Å². The number of hydrogen-bond acceptors (Lipinski definition) is 3. The van der Waals surface area contributed by atoms with Crippen LogP contribution in [0, 0.1) is 0 Å². The summed E-state index contributed by atoms with van der Waals surface area (Å²) < 4.78 is 6.33. The molecule has 4 aliphatic rings. The van der Waals surface area contributed by atoms with Crippen LogP contribution in [0.15, 0.2) is 36.4 Å². The van der Waals surface area contributed by atoms with Crippen LogP contribution in [-0.4, -0.2) is 60.1 Å². The maximum absolute atomic E-state index is 14.1. The number of carbonyl (C=O) groups excluding carboxylic acids is 1. The van der Waals surface area contributed by atoms with E-state index in [1.54, 1.807) is 0 Å². The van der Waals surface area contributed by atoms with Crippen LogP contribution in [0.4, 0.5) is 0 Å². The molecular formula is C28H37ClN2O2. The molecule has 4 nitrogen and oxygen atoms in total. The lowest BCUT2D eigenvalue weighted by molar-refractivity contribution is -0.139. The van der Waals surface area contributed by atoms with Gasteiger partial charge in [-0.1, -0.05) is 43.3 Å². The zero-order chi connectivity index (χ0) is 21.9. The number of ether oxygens (including phenoxy) is 1. The number of likely N-dealkylation sites (tertiary alicyclic amines) is 1. The lowest BCUT2D eigenvalue weighted by Crippen LogP contribution is -2.58. The molecule has 2 heterocycles. The number of halogens is 1. The second kappa shape index (κ2) is 8.87. The fourth-order valence-corrected chi connectivity index (χ4v) is 7.45. The summed E-state index contributed by atoms with van der Waals surface area (Å²) in [5, 5.41) is 2.57. The van der Waals surface area contributed by atoms with Gasteiger partial charge in [0.15, 0.2) is 0 Å². The monoisotopic (exact) mass is 468 g/mol. The molecule has 33 heavy (non-hydrogen) atoms. The van der Waals surface area contributed by atoms with E-state index in [9.17, 15) is 4.79 Å². The Kier molecular flexibility index (Phi) is 6.22. The molecule has 2 aromatic rings. The molecular weight excluding hydrogens is 432 g/mol. The van der Waals surface area contributed by atoms with E-state index in [4.69, 9.17) is 4.74 Å². The first kappa shape index (κ1) is 23.1. The predicted molar refractivity (Wildman–Crippen MR) is 135 cm³/mol. The second-order valence-corrected chi connectivity index (χ2v) is 10.8. The van der Waals surface area contributed by atoms with Gasteiger partial charge in [-0.15, -0.1) is 12.4 Å². The number of nitrogens with zero attached hydrogens (tertiary/aromatic N) is 2. The van der Waals surface area contributed by atoms with Gasteiger partial charge in [0.05, 0.1) is 11.5 Å². The van der Waals surface area contributed by atoms with Crippen molar-refractivity contribution < 1.29 is 9.53 Å². The maximum atomic E-state index is 14.1. The number of hydrogen-bond donors (Lipinski definition) is 0. The second-order valence-electron chi connectivity index (χ2n) is 10.8. The molecule has 5 atom stereocenters. The summed E-state index contributed by atoms with van der Waals surface area (Å²) in [6.07, 6.45) is 8.19. The molecule has 178 valence electrons. The van der Waals surface area contributed by atoms with Gasteiger partial charge in [-0.05, 0) is 85.9 Å². The van der Waals surface area contributed by atoms with Gasteiger partial charge in [-0.25, -0.2) is 0 Å². The molecule has 0 radical (unpaired) electrons. The molecule has 2 aliphatic carbocycles. The normalized spacial score (nSPS) is 33.5. The number of likely N-dealkylation sites (N-methyl/N-ethyl adjacent to an activating group) is 1. The van der Waals surface area contributed by atoms with Gasteiger partial charge in [-0.2, -0.15) is 0 Å². The lowest BCUT2D eigenvalue weighted by atomic mass is 9.76. The maximum Gasteiger partial charge on any atom is 0.230 e. The Balaban J connectivity index is 0.00000228. The van der Waals surface area contributed by atoms with Crippen molar-refractivity contribution in [3.05, 3.63) is 47.5 Å². The minimum Gasteiger partial charge on any atom is -0.375 e. The minimum atomic E-state index is -0.0704. The van der Waals surface area contributed by atoms with Crippen LogP contribution in [-0.2, 0) is 9.53 Å². The quantitative estimate of drug-likeness (QED) is 0.597. The Labute approximate surface area is 204 Å². The van der Waals surface area contributed by atoms with Crippen LogP contribution in [0.25, 0.3) is 10.8 Å². The van der Waals surface area contributed by atoms with E-state index in [0.717, 1.165) is 25.9 Å². The van der Waals surface area contributed by atoms with Crippen molar-refractivity contribution in [3.8, 4) is 0 Å². The van der Waals surface area contributed by atoms with Crippen LogP contribution < -0.4 is 0 Å². The van der Waals surface area contributed by atoms with Crippen LogP contribution in [0.5, 0.6) is 0 Å². The van der Waals surface area contributed by atoms with E-state index in [1.807, 2.05) is 0 Å². The first-order chi connectivity index (χ1) is 15.6. The molecule has 3 fully saturated rings. The van der Waals surface area contributed by atoms with Gasteiger partial charge in [0.1, 0.15) is 0 Å². The minimum absolute atomic E-state index is 0.